The van der Waals surface area contributed by atoms with E-state index in [0.717, 1.165) is 61.9 Å². The molecule has 0 radical (unpaired) electrons. The van der Waals surface area contributed by atoms with Crippen LogP contribution in [0.5, 0.6) is 0 Å². The Labute approximate surface area is 212 Å². The predicted molar refractivity (Wildman–Crippen MR) is 141 cm³/mol. The summed E-state index contributed by atoms with van der Waals surface area (Å²) in [6.07, 6.45) is 12.8. The average molecular weight is 482 g/mol. The molecule has 5 heteroatoms. The molecule has 5 nitrogen and oxygen atoms in total. The topological polar surface area (TPSA) is 55.8 Å². The molecule has 1 aromatic carbocycles. The van der Waals surface area contributed by atoms with Gasteiger partial charge in [-0.3, -0.25) is 4.79 Å². The van der Waals surface area contributed by atoms with Crippen molar-refractivity contribution < 1.29 is 9.90 Å². The van der Waals surface area contributed by atoms with E-state index in [2.05, 4.69) is 42.2 Å². The lowest BCUT2D eigenvalue weighted by Gasteiger charge is -2.54. The third-order valence-electron chi connectivity index (χ3n) is 10.2. The van der Waals surface area contributed by atoms with Gasteiger partial charge in [0.25, 0.3) is 5.91 Å². The van der Waals surface area contributed by atoms with Gasteiger partial charge in [-0.2, -0.15) is 0 Å². The van der Waals surface area contributed by atoms with Crippen molar-refractivity contribution in [3.05, 3.63) is 34.9 Å². The zero-order chi connectivity index (χ0) is 24.6. The second kappa shape index (κ2) is 10.5. The first kappa shape index (κ1) is 25.2. The second-order valence-corrected chi connectivity index (χ2v) is 12.6. The summed E-state index contributed by atoms with van der Waals surface area (Å²) < 4.78 is 0. The molecule has 2 heterocycles. The van der Waals surface area contributed by atoms with E-state index in [9.17, 15) is 9.90 Å². The number of aliphatic hydroxyl groups excluding tert-OH is 1. The fourth-order valence-electron chi connectivity index (χ4n) is 7.50. The fourth-order valence-corrected chi connectivity index (χ4v) is 7.50. The zero-order valence-corrected chi connectivity index (χ0v) is 22.3. The van der Waals surface area contributed by atoms with Crippen LogP contribution in [0.3, 0.4) is 0 Å². The number of carbonyl (C=O) groups is 1. The van der Waals surface area contributed by atoms with Gasteiger partial charge in [0.15, 0.2) is 0 Å². The summed E-state index contributed by atoms with van der Waals surface area (Å²) in [4.78, 5) is 18.0. The Morgan fingerprint density at radius 2 is 1.83 bits per heavy atom. The van der Waals surface area contributed by atoms with Crippen molar-refractivity contribution in [2.75, 3.05) is 27.2 Å². The van der Waals surface area contributed by atoms with E-state index in [1.54, 1.807) is 0 Å². The van der Waals surface area contributed by atoms with Crippen molar-refractivity contribution in [3.63, 3.8) is 0 Å². The summed E-state index contributed by atoms with van der Waals surface area (Å²) in [5.41, 5.74) is 3.75. The van der Waals surface area contributed by atoms with Crippen molar-refractivity contribution >= 4 is 5.91 Å². The quantitative estimate of drug-likeness (QED) is 0.623. The van der Waals surface area contributed by atoms with Gasteiger partial charge in [0.05, 0.1) is 6.10 Å². The van der Waals surface area contributed by atoms with Gasteiger partial charge >= 0.3 is 0 Å². The summed E-state index contributed by atoms with van der Waals surface area (Å²) in [6.45, 7) is 4.76. The van der Waals surface area contributed by atoms with Crippen LogP contribution < -0.4 is 5.32 Å². The SMILES string of the molecule is CCC1CCC(C[C@@H](O)[C@@H]2Cc3cccc(C(=O)N4CCC5(CC4)CC(N(C)C)C5)c3CN2)CC1. The highest BCUT2D eigenvalue weighted by molar-refractivity contribution is 5.96. The van der Waals surface area contributed by atoms with Crippen LogP contribution in [0.25, 0.3) is 0 Å². The number of likely N-dealkylation sites (tertiary alicyclic amines) is 1. The number of aliphatic hydroxyl groups is 1. The molecule has 194 valence electrons. The van der Waals surface area contributed by atoms with Crippen molar-refractivity contribution in [2.45, 2.75) is 102 Å². The molecule has 2 aliphatic heterocycles. The Bertz CT molecular complexity index is 876. The fraction of sp³-hybridized carbons (Fsp3) is 0.767. The Hall–Kier alpha value is -1.43. The number of rotatable bonds is 6. The molecule has 35 heavy (non-hydrogen) atoms. The van der Waals surface area contributed by atoms with Gasteiger partial charge in [-0.15, -0.1) is 0 Å². The first-order valence-corrected chi connectivity index (χ1v) is 14.4. The molecule has 3 fully saturated rings. The van der Waals surface area contributed by atoms with Gasteiger partial charge in [0.1, 0.15) is 0 Å². The van der Waals surface area contributed by atoms with E-state index >= 15 is 0 Å². The third-order valence-corrected chi connectivity index (χ3v) is 10.2. The highest BCUT2D eigenvalue weighted by Crippen LogP contribution is 2.50. The lowest BCUT2D eigenvalue weighted by molar-refractivity contribution is -0.0231. The summed E-state index contributed by atoms with van der Waals surface area (Å²) in [7, 11) is 4.37. The number of carbonyl (C=O) groups excluding carboxylic acids is 1. The van der Waals surface area contributed by atoms with Gasteiger partial charge in [0.2, 0.25) is 0 Å². The predicted octanol–water partition coefficient (Wildman–Crippen LogP) is 4.61. The zero-order valence-electron chi connectivity index (χ0n) is 22.3. The van der Waals surface area contributed by atoms with E-state index in [-0.39, 0.29) is 18.1 Å². The maximum atomic E-state index is 13.5. The van der Waals surface area contributed by atoms with Gasteiger partial charge in [-0.1, -0.05) is 51.2 Å². The highest BCUT2D eigenvalue weighted by Gasteiger charge is 2.47. The first-order valence-electron chi connectivity index (χ1n) is 14.4. The van der Waals surface area contributed by atoms with Gasteiger partial charge in [-0.25, -0.2) is 0 Å². The van der Waals surface area contributed by atoms with E-state index < -0.39 is 0 Å². The van der Waals surface area contributed by atoms with Crippen molar-refractivity contribution in [1.82, 2.24) is 15.1 Å². The average Bonchev–Trinajstić information content (AvgIpc) is 2.86. The molecule has 0 aromatic heterocycles. The third kappa shape index (κ3) is 5.33. The van der Waals surface area contributed by atoms with Crippen molar-refractivity contribution in [1.29, 1.82) is 0 Å². The second-order valence-electron chi connectivity index (χ2n) is 12.6. The molecule has 5 rings (SSSR count). The Morgan fingerprint density at radius 1 is 1.14 bits per heavy atom. The molecule has 4 aliphatic rings. The van der Waals surface area contributed by atoms with Crippen LogP contribution in [0.1, 0.15) is 92.6 Å². The lowest BCUT2D eigenvalue weighted by Crippen LogP contribution is -2.54. The van der Waals surface area contributed by atoms with Crippen LogP contribution >= 0.6 is 0 Å². The molecule has 2 atom stereocenters. The number of hydrogen-bond acceptors (Lipinski definition) is 4. The number of benzene rings is 1. The van der Waals surface area contributed by atoms with Crippen LogP contribution in [0.2, 0.25) is 0 Å². The molecular formula is C30H47N3O2. The number of piperidine rings is 1. The number of hydrogen-bond donors (Lipinski definition) is 2. The minimum absolute atomic E-state index is 0.0925. The molecular weight excluding hydrogens is 434 g/mol. The molecule has 0 bridgehead atoms. The minimum atomic E-state index is -0.308. The largest absolute Gasteiger partial charge is 0.391 e. The van der Waals surface area contributed by atoms with Crippen LogP contribution in [0.15, 0.2) is 18.2 Å². The summed E-state index contributed by atoms with van der Waals surface area (Å²) in [5.74, 6) is 1.76. The highest BCUT2D eigenvalue weighted by atomic mass is 16.3. The maximum absolute atomic E-state index is 13.5. The molecule has 2 saturated carbocycles. The van der Waals surface area contributed by atoms with E-state index in [1.165, 1.54) is 50.5 Å². The van der Waals surface area contributed by atoms with E-state index in [0.29, 0.717) is 17.9 Å². The molecule has 0 unspecified atom stereocenters. The van der Waals surface area contributed by atoms with Gasteiger partial charge in [-0.05, 0) is 87.1 Å². The Balaban J connectivity index is 1.16. The molecule has 2 N–H and O–H groups in total. The van der Waals surface area contributed by atoms with Crippen LogP contribution in [-0.2, 0) is 13.0 Å². The first-order chi connectivity index (χ1) is 16.9. The van der Waals surface area contributed by atoms with E-state index in [1.807, 2.05) is 12.1 Å². The van der Waals surface area contributed by atoms with Gasteiger partial charge < -0.3 is 20.2 Å². The molecule has 1 spiro atoms. The Kier molecular flexibility index (Phi) is 7.58. The van der Waals surface area contributed by atoms with Gasteiger partial charge in [0, 0.05) is 37.3 Å². The molecule has 1 saturated heterocycles. The standard InChI is InChI=1S/C30H47N3O2/c1-4-21-8-10-22(11-9-21)16-28(34)27-17-23-6-5-7-25(26(23)20-31-27)29(35)33-14-12-30(13-15-33)18-24(19-30)32(2)3/h5-7,21-22,24,27-28,31,34H,4,8-20H2,1-3H3/t21?,22?,27-,28+/m0/s1. The minimum Gasteiger partial charge on any atom is -0.391 e. The maximum Gasteiger partial charge on any atom is 0.254 e. The van der Waals surface area contributed by atoms with E-state index in [4.69, 9.17) is 0 Å². The number of nitrogens with zero attached hydrogens (tertiary/aromatic N) is 2. The molecule has 1 aromatic rings. The number of fused-ring (bicyclic) bond motifs is 1. The number of nitrogens with one attached hydrogen (secondary N) is 1. The normalized spacial score (nSPS) is 29.6. The van der Waals surface area contributed by atoms with Crippen LogP contribution in [-0.4, -0.2) is 66.2 Å². The van der Waals surface area contributed by atoms with Crippen LogP contribution in [0, 0.1) is 17.3 Å². The van der Waals surface area contributed by atoms with Crippen molar-refractivity contribution in [3.8, 4) is 0 Å². The summed E-state index contributed by atoms with van der Waals surface area (Å²) in [5, 5.41) is 14.7. The smallest absolute Gasteiger partial charge is 0.254 e. The lowest BCUT2D eigenvalue weighted by atomic mass is 9.60. The molecule has 1 amide bonds. The summed E-state index contributed by atoms with van der Waals surface area (Å²) in [6, 6.07) is 7.04. The molecule has 2 aliphatic carbocycles. The number of amides is 1. The monoisotopic (exact) mass is 481 g/mol. The van der Waals surface area contributed by atoms with Crippen molar-refractivity contribution in [2.24, 2.45) is 17.3 Å². The van der Waals surface area contributed by atoms with Crippen LogP contribution in [0.4, 0.5) is 0 Å². The Morgan fingerprint density at radius 3 is 2.49 bits per heavy atom. The summed E-state index contributed by atoms with van der Waals surface area (Å²) >= 11 is 0.